The molecule has 2 saturated heterocycles. The van der Waals surface area contributed by atoms with Crippen LogP contribution in [0.3, 0.4) is 0 Å². The molecule has 122 valence electrons. The van der Waals surface area contributed by atoms with E-state index in [9.17, 15) is 0 Å². The minimum Gasteiger partial charge on any atom is -0.316 e. The molecule has 3 nitrogen and oxygen atoms in total. The average Bonchev–Trinajstić information content (AvgIpc) is 3.09. The van der Waals surface area contributed by atoms with E-state index >= 15 is 0 Å². The fourth-order valence-corrected chi connectivity index (χ4v) is 4.21. The molecule has 0 saturated carbocycles. The van der Waals surface area contributed by atoms with Crippen LogP contribution in [0.4, 0.5) is 0 Å². The van der Waals surface area contributed by atoms with Gasteiger partial charge in [-0.15, -0.1) is 0 Å². The van der Waals surface area contributed by atoms with Crippen LogP contribution in [0.2, 0.25) is 0 Å². The Morgan fingerprint density at radius 3 is 2.86 bits per heavy atom. The van der Waals surface area contributed by atoms with Gasteiger partial charge < -0.3 is 10.2 Å². The van der Waals surface area contributed by atoms with Gasteiger partial charge in [-0.1, -0.05) is 37.3 Å². The Morgan fingerprint density at radius 2 is 2.14 bits per heavy atom. The summed E-state index contributed by atoms with van der Waals surface area (Å²) in [5.74, 6) is 0.840. The summed E-state index contributed by atoms with van der Waals surface area (Å²) in [6.45, 7) is 10.9. The van der Waals surface area contributed by atoms with Gasteiger partial charge in [0.25, 0.3) is 0 Å². The fourth-order valence-electron chi connectivity index (χ4n) is 4.21. The van der Waals surface area contributed by atoms with Crippen molar-refractivity contribution in [3.63, 3.8) is 0 Å². The molecule has 22 heavy (non-hydrogen) atoms. The number of hydrogen-bond acceptors (Lipinski definition) is 3. The molecule has 2 atom stereocenters. The third-order valence-corrected chi connectivity index (χ3v) is 5.30. The van der Waals surface area contributed by atoms with Gasteiger partial charge in [-0.25, -0.2) is 0 Å². The van der Waals surface area contributed by atoms with E-state index in [1.165, 1.54) is 57.7 Å². The summed E-state index contributed by atoms with van der Waals surface area (Å²) in [5, 5.41) is 3.51. The minimum atomic E-state index is 0.483. The molecule has 0 radical (unpaired) electrons. The highest BCUT2D eigenvalue weighted by molar-refractivity contribution is 5.14. The Bertz CT molecular complexity index is 453. The summed E-state index contributed by atoms with van der Waals surface area (Å²) in [7, 11) is 2.31. The van der Waals surface area contributed by atoms with Gasteiger partial charge in [-0.2, -0.15) is 0 Å². The number of nitrogens with one attached hydrogen (secondary N) is 1. The van der Waals surface area contributed by atoms with Crippen molar-refractivity contribution in [2.45, 2.75) is 26.3 Å². The maximum absolute atomic E-state index is 3.51. The predicted octanol–water partition coefficient (Wildman–Crippen LogP) is 2.44. The van der Waals surface area contributed by atoms with Crippen LogP contribution in [0, 0.1) is 11.3 Å². The van der Waals surface area contributed by atoms with E-state index in [1.54, 1.807) is 0 Å². The molecule has 0 spiro atoms. The lowest BCUT2D eigenvalue weighted by Gasteiger charge is -2.30. The van der Waals surface area contributed by atoms with Gasteiger partial charge in [0.2, 0.25) is 0 Å². The van der Waals surface area contributed by atoms with Crippen molar-refractivity contribution in [1.29, 1.82) is 0 Å². The Labute approximate surface area is 135 Å². The number of likely N-dealkylation sites (tertiary alicyclic amines) is 1. The lowest BCUT2D eigenvalue weighted by Crippen LogP contribution is -2.38. The van der Waals surface area contributed by atoms with Crippen molar-refractivity contribution >= 4 is 0 Å². The van der Waals surface area contributed by atoms with Gasteiger partial charge in [0.05, 0.1) is 0 Å². The van der Waals surface area contributed by atoms with Crippen LogP contribution in [-0.4, -0.2) is 56.1 Å². The van der Waals surface area contributed by atoms with E-state index in [2.05, 4.69) is 59.4 Å². The van der Waals surface area contributed by atoms with E-state index in [4.69, 9.17) is 0 Å². The third kappa shape index (κ3) is 4.31. The first-order chi connectivity index (χ1) is 10.6. The zero-order valence-corrected chi connectivity index (χ0v) is 14.2. The van der Waals surface area contributed by atoms with E-state index in [1.807, 2.05) is 0 Å². The smallest absolute Gasteiger partial charge is 0.0233 e. The van der Waals surface area contributed by atoms with Crippen LogP contribution in [0.25, 0.3) is 0 Å². The molecule has 2 aliphatic rings. The quantitative estimate of drug-likeness (QED) is 0.871. The molecule has 3 rings (SSSR count). The molecule has 2 heterocycles. The van der Waals surface area contributed by atoms with E-state index in [0.29, 0.717) is 5.41 Å². The lowest BCUT2D eigenvalue weighted by atomic mass is 9.89. The van der Waals surface area contributed by atoms with Crippen LogP contribution in [0.5, 0.6) is 0 Å². The highest BCUT2D eigenvalue weighted by Crippen LogP contribution is 2.26. The zero-order valence-electron chi connectivity index (χ0n) is 14.2. The average molecular weight is 301 g/mol. The van der Waals surface area contributed by atoms with Crippen molar-refractivity contribution in [3.8, 4) is 0 Å². The van der Waals surface area contributed by atoms with E-state index in [0.717, 1.165) is 12.5 Å². The van der Waals surface area contributed by atoms with Crippen molar-refractivity contribution in [3.05, 3.63) is 35.9 Å². The number of rotatable bonds is 6. The maximum Gasteiger partial charge on any atom is 0.0233 e. The Hall–Kier alpha value is -0.900. The topological polar surface area (TPSA) is 18.5 Å². The molecule has 1 aromatic carbocycles. The second-order valence-corrected chi connectivity index (χ2v) is 7.81. The molecule has 2 unspecified atom stereocenters. The molecule has 1 aromatic rings. The normalized spacial score (nSPS) is 29.5. The lowest BCUT2D eigenvalue weighted by molar-refractivity contribution is 0.184. The molecule has 1 N–H and O–H groups in total. The second kappa shape index (κ2) is 7.12. The number of nitrogens with zero attached hydrogens (tertiary/aromatic N) is 2. The van der Waals surface area contributed by atoms with Gasteiger partial charge in [-0.05, 0) is 49.9 Å². The van der Waals surface area contributed by atoms with Gasteiger partial charge in [-0.3, -0.25) is 4.90 Å². The van der Waals surface area contributed by atoms with Gasteiger partial charge in [0.15, 0.2) is 0 Å². The first kappa shape index (κ1) is 16.0. The van der Waals surface area contributed by atoms with Gasteiger partial charge >= 0.3 is 0 Å². The maximum atomic E-state index is 3.51. The summed E-state index contributed by atoms with van der Waals surface area (Å²) in [6.07, 6.45) is 2.67. The molecule has 2 fully saturated rings. The minimum absolute atomic E-state index is 0.483. The van der Waals surface area contributed by atoms with Crippen LogP contribution < -0.4 is 5.32 Å². The first-order valence-electron chi connectivity index (χ1n) is 8.79. The van der Waals surface area contributed by atoms with Crippen molar-refractivity contribution < 1.29 is 0 Å². The molecule has 3 heteroatoms. The molecule has 0 amide bonds. The van der Waals surface area contributed by atoms with Crippen LogP contribution >= 0.6 is 0 Å². The molecular formula is C19H31N3. The highest BCUT2D eigenvalue weighted by Gasteiger charge is 2.31. The number of hydrogen-bond donors (Lipinski definition) is 1. The monoisotopic (exact) mass is 301 g/mol. The van der Waals surface area contributed by atoms with Crippen LogP contribution in [-0.2, 0) is 6.54 Å². The summed E-state index contributed by atoms with van der Waals surface area (Å²) >= 11 is 0. The summed E-state index contributed by atoms with van der Waals surface area (Å²) in [6, 6.07) is 10.9. The van der Waals surface area contributed by atoms with Crippen molar-refractivity contribution in [2.75, 3.05) is 46.3 Å². The van der Waals surface area contributed by atoms with E-state index < -0.39 is 0 Å². The second-order valence-electron chi connectivity index (χ2n) is 7.81. The Kier molecular flexibility index (Phi) is 5.17. The van der Waals surface area contributed by atoms with Crippen molar-refractivity contribution in [2.24, 2.45) is 11.3 Å². The summed E-state index contributed by atoms with van der Waals surface area (Å²) < 4.78 is 0. The van der Waals surface area contributed by atoms with Crippen LogP contribution in [0.15, 0.2) is 30.3 Å². The summed E-state index contributed by atoms with van der Waals surface area (Å²) in [5.41, 5.74) is 1.93. The van der Waals surface area contributed by atoms with Crippen LogP contribution in [0.1, 0.15) is 25.3 Å². The molecular weight excluding hydrogens is 270 g/mol. The number of benzene rings is 1. The Balaban J connectivity index is 1.42. The van der Waals surface area contributed by atoms with E-state index in [-0.39, 0.29) is 0 Å². The largest absolute Gasteiger partial charge is 0.316 e. The zero-order chi connectivity index (χ0) is 15.4. The standard InChI is InChI=1S/C19H31N3/c1-19(9-10-20-15-19)16-21(2)12-18-8-11-22(14-18)13-17-6-4-3-5-7-17/h3-7,18,20H,8-16H2,1-2H3. The fraction of sp³-hybridized carbons (Fsp3) is 0.684. The molecule has 0 bridgehead atoms. The predicted molar refractivity (Wildman–Crippen MR) is 92.9 cm³/mol. The van der Waals surface area contributed by atoms with Gasteiger partial charge in [0.1, 0.15) is 0 Å². The molecule has 0 aromatic heterocycles. The van der Waals surface area contributed by atoms with Crippen molar-refractivity contribution in [1.82, 2.24) is 15.1 Å². The highest BCUT2D eigenvalue weighted by atomic mass is 15.2. The summed E-state index contributed by atoms with van der Waals surface area (Å²) in [4.78, 5) is 5.19. The molecule has 0 aliphatic carbocycles. The first-order valence-corrected chi connectivity index (χ1v) is 8.79. The SMILES string of the molecule is CN(CC1CCN(Cc2ccccc2)C1)CC1(C)CCNC1. The third-order valence-electron chi connectivity index (χ3n) is 5.30. The van der Waals surface area contributed by atoms with Gasteiger partial charge in [0, 0.05) is 32.7 Å². The molecule has 2 aliphatic heterocycles. The Morgan fingerprint density at radius 1 is 1.32 bits per heavy atom.